The van der Waals surface area contributed by atoms with Gasteiger partial charge >= 0.3 is 7.12 Å². The molecular formula is C12H14BClFIO2. The first-order valence-corrected chi connectivity index (χ1v) is 7.10. The fourth-order valence-electron chi connectivity index (χ4n) is 1.72. The number of hydrogen-bond acceptors (Lipinski definition) is 2. The average Bonchev–Trinajstić information content (AvgIpc) is 2.42. The van der Waals surface area contributed by atoms with E-state index in [1.54, 1.807) is 12.1 Å². The lowest BCUT2D eigenvalue weighted by molar-refractivity contribution is 0.00578. The molecule has 18 heavy (non-hydrogen) atoms. The molecule has 0 atom stereocenters. The van der Waals surface area contributed by atoms with Crippen LogP contribution in [0.15, 0.2) is 12.1 Å². The fraction of sp³-hybridized carbons (Fsp3) is 0.500. The Hall–Kier alpha value is 0.155. The summed E-state index contributed by atoms with van der Waals surface area (Å²) in [5.41, 5.74) is -0.624. The van der Waals surface area contributed by atoms with E-state index in [0.717, 1.165) is 0 Å². The number of rotatable bonds is 1. The molecule has 2 nitrogen and oxygen atoms in total. The summed E-state index contributed by atoms with van der Waals surface area (Å²) in [6.07, 6.45) is 0. The van der Waals surface area contributed by atoms with Gasteiger partial charge in [0, 0.05) is 14.1 Å². The van der Waals surface area contributed by atoms with Crippen LogP contribution >= 0.6 is 34.2 Å². The third kappa shape index (κ3) is 2.42. The normalized spacial score (nSPS) is 21.4. The molecule has 0 aliphatic carbocycles. The van der Waals surface area contributed by atoms with E-state index in [1.165, 1.54) is 0 Å². The van der Waals surface area contributed by atoms with Crippen molar-refractivity contribution in [2.45, 2.75) is 38.9 Å². The highest BCUT2D eigenvalue weighted by Crippen LogP contribution is 2.37. The van der Waals surface area contributed by atoms with Crippen molar-refractivity contribution < 1.29 is 13.7 Å². The van der Waals surface area contributed by atoms with Crippen molar-refractivity contribution in [2.75, 3.05) is 0 Å². The Kier molecular flexibility index (Phi) is 3.73. The summed E-state index contributed by atoms with van der Waals surface area (Å²) in [6.45, 7) is 7.72. The first kappa shape index (κ1) is 14.6. The minimum absolute atomic E-state index is 0.335. The summed E-state index contributed by atoms with van der Waals surface area (Å²) in [6, 6.07) is 3.13. The maximum absolute atomic E-state index is 14.1. The Bertz CT molecular complexity index is 477. The molecule has 0 spiro atoms. The highest BCUT2D eigenvalue weighted by molar-refractivity contribution is 14.1. The van der Waals surface area contributed by atoms with Gasteiger partial charge in [-0.1, -0.05) is 11.6 Å². The quantitative estimate of drug-likeness (QED) is 0.421. The Morgan fingerprint density at radius 2 is 1.67 bits per heavy atom. The van der Waals surface area contributed by atoms with Crippen LogP contribution in [0.25, 0.3) is 0 Å². The summed E-state index contributed by atoms with van der Waals surface area (Å²) in [7, 11) is -0.720. The van der Waals surface area contributed by atoms with E-state index < -0.39 is 18.3 Å². The largest absolute Gasteiger partial charge is 0.497 e. The molecule has 1 aromatic carbocycles. The Morgan fingerprint density at radius 3 is 2.17 bits per heavy atom. The second-order valence-corrected chi connectivity index (χ2v) is 6.98. The summed E-state index contributed by atoms with van der Waals surface area (Å²) in [5, 5.41) is 0.477. The molecule has 1 heterocycles. The molecule has 0 unspecified atom stereocenters. The first-order valence-electron chi connectivity index (χ1n) is 5.64. The molecular weight excluding hydrogens is 368 g/mol. The van der Waals surface area contributed by atoms with Gasteiger partial charge in [-0.25, -0.2) is 4.39 Å². The predicted octanol–water partition coefficient (Wildman–Crippen LogP) is 3.38. The monoisotopic (exact) mass is 382 g/mol. The lowest BCUT2D eigenvalue weighted by atomic mass is 9.79. The van der Waals surface area contributed by atoms with Gasteiger partial charge in [0.2, 0.25) is 0 Å². The van der Waals surface area contributed by atoms with Crippen LogP contribution < -0.4 is 5.46 Å². The maximum atomic E-state index is 14.1. The molecule has 1 fully saturated rings. The number of hydrogen-bond donors (Lipinski definition) is 0. The molecule has 0 amide bonds. The van der Waals surface area contributed by atoms with E-state index in [9.17, 15) is 4.39 Å². The smallest absolute Gasteiger partial charge is 0.399 e. The van der Waals surface area contributed by atoms with Gasteiger partial charge in [-0.3, -0.25) is 0 Å². The highest BCUT2D eigenvalue weighted by atomic mass is 127. The molecule has 98 valence electrons. The van der Waals surface area contributed by atoms with Gasteiger partial charge < -0.3 is 9.31 Å². The molecule has 0 N–H and O–H groups in total. The van der Waals surface area contributed by atoms with Crippen molar-refractivity contribution in [1.29, 1.82) is 0 Å². The van der Waals surface area contributed by atoms with Crippen LogP contribution in [-0.2, 0) is 9.31 Å². The topological polar surface area (TPSA) is 18.5 Å². The van der Waals surface area contributed by atoms with Crippen molar-refractivity contribution >= 4 is 46.8 Å². The molecule has 0 saturated carbocycles. The summed E-state index contributed by atoms with van der Waals surface area (Å²) < 4.78 is 26.2. The fourth-order valence-corrected chi connectivity index (χ4v) is 2.78. The molecule has 1 aromatic rings. The van der Waals surface area contributed by atoms with Crippen LogP contribution in [0.1, 0.15) is 27.7 Å². The zero-order valence-corrected chi connectivity index (χ0v) is 13.6. The van der Waals surface area contributed by atoms with E-state index >= 15 is 0 Å². The van der Waals surface area contributed by atoms with Gasteiger partial charge in [-0.15, -0.1) is 0 Å². The van der Waals surface area contributed by atoms with Gasteiger partial charge in [-0.05, 0) is 62.4 Å². The average molecular weight is 382 g/mol. The van der Waals surface area contributed by atoms with Crippen molar-refractivity contribution in [3.63, 3.8) is 0 Å². The molecule has 2 rings (SSSR count). The zero-order chi connectivity index (χ0) is 13.7. The summed E-state index contributed by atoms with van der Waals surface area (Å²) in [4.78, 5) is 0. The zero-order valence-electron chi connectivity index (χ0n) is 10.7. The van der Waals surface area contributed by atoms with E-state index in [4.69, 9.17) is 20.9 Å². The molecule has 1 aliphatic heterocycles. The van der Waals surface area contributed by atoms with Crippen molar-refractivity contribution in [1.82, 2.24) is 0 Å². The van der Waals surface area contributed by atoms with Crippen molar-refractivity contribution in [3.05, 3.63) is 26.5 Å². The van der Waals surface area contributed by atoms with Gasteiger partial charge in [-0.2, -0.15) is 0 Å². The summed E-state index contributed by atoms with van der Waals surface area (Å²) >= 11 is 7.87. The van der Waals surface area contributed by atoms with E-state index in [0.29, 0.717) is 14.1 Å². The second kappa shape index (κ2) is 4.61. The van der Waals surface area contributed by atoms with E-state index in [2.05, 4.69) is 0 Å². The number of benzene rings is 1. The minimum Gasteiger partial charge on any atom is -0.399 e. The SMILES string of the molecule is CC1(C)OB(c2cc(Cl)cc(I)c2F)OC1(C)C. The molecule has 0 radical (unpaired) electrons. The Balaban J connectivity index is 2.41. The predicted molar refractivity (Wildman–Crippen MR) is 79.8 cm³/mol. The van der Waals surface area contributed by atoms with Crippen LogP contribution in [-0.4, -0.2) is 18.3 Å². The highest BCUT2D eigenvalue weighted by Gasteiger charge is 2.52. The van der Waals surface area contributed by atoms with Crippen LogP contribution in [0.3, 0.4) is 0 Å². The molecule has 1 saturated heterocycles. The van der Waals surface area contributed by atoms with Crippen LogP contribution in [0, 0.1) is 9.39 Å². The third-order valence-corrected chi connectivity index (χ3v) is 4.53. The van der Waals surface area contributed by atoms with Gasteiger partial charge in [0.15, 0.2) is 0 Å². The van der Waals surface area contributed by atoms with Crippen molar-refractivity contribution in [2.24, 2.45) is 0 Å². The van der Waals surface area contributed by atoms with Gasteiger partial charge in [0.25, 0.3) is 0 Å². The number of halogens is 3. The summed E-state index contributed by atoms with van der Waals surface area (Å²) in [5.74, 6) is -0.335. The Labute approximate surface area is 125 Å². The molecule has 0 aromatic heterocycles. The first-order chi connectivity index (χ1) is 8.14. The minimum atomic E-state index is -0.720. The molecule has 1 aliphatic rings. The van der Waals surface area contributed by atoms with Crippen LogP contribution in [0.5, 0.6) is 0 Å². The van der Waals surface area contributed by atoms with Gasteiger partial charge in [0.1, 0.15) is 5.82 Å². The van der Waals surface area contributed by atoms with Gasteiger partial charge in [0.05, 0.1) is 11.2 Å². The maximum Gasteiger partial charge on any atom is 0.497 e. The third-order valence-electron chi connectivity index (χ3n) is 3.53. The van der Waals surface area contributed by atoms with Crippen LogP contribution in [0.4, 0.5) is 4.39 Å². The molecule has 6 heteroatoms. The molecule has 0 bridgehead atoms. The lowest BCUT2D eigenvalue weighted by Gasteiger charge is -2.32. The van der Waals surface area contributed by atoms with Crippen LogP contribution in [0.2, 0.25) is 5.02 Å². The second-order valence-electron chi connectivity index (χ2n) is 5.38. The van der Waals surface area contributed by atoms with E-state index in [1.807, 2.05) is 50.3 Å². The lowest BCUT2D eigenvalue weighted by Crippen LogP contribution is -2.41. The standard InChI is InChI=1S/C12H14BClFIO2/c1-11(2)12(3,4)18-13(17-11)8-5-7(14)6-9(16)10(8)15/h5-6H,1-4H3. The van der Waals surface area contributed by atoms with E-state index in [-0.39, 0.29) is 5.82 Å². The van der Waals surface area contributed by atoms with Crippen molar-refractivity contribution in [3.8, 4) is 0 Å². The Morgan fingerprint density at radius 1 is 1.17 bits per heavy atom.